The number of rotatable bonds is 10. The number of carbonyl (C=O) groups is 3. The largest absolute Gasteiger partial charge is 0.381 e. The Kier molecular flexibility index (Phi) is 5.73. The first-order valence-electron chi connectivity index (χ1n) is 10.8. The maximum Gasteiger partial charge on any atom is 0.362 e. The molecule has 2 amide bonds. The highest BCUT2D eigenvalue weighted by molar-refractivity contribution is 7.84. The van der Waals surface area contributed by atoms with Gasteiger partial charge in [-0.1, -0.05) is 19.0 Å². The molecule has 31 heavy (non-hydrogen) atoms. The zero-order valence-electron chi connectivity index (χ0n) is 21.3. The highest BCUT2D eigenvalue weighted by Gasteiger charge is 2.51. The van der Waals surface area contributed by atoms with Crippen LogP contribution in [0.15, 0.2) is 5.16 Å². The van der Waals surface area contributed by atoms with Gasteiger partial charge in [-0.3, -0.25) is 18.9 Å². The van der Waals surface area contributed by atoms with E-state index in [2.05, 4.69) is 20.8 Å². The zero-order chi connectivity index (χ0) is 27.1. The lowest BCUT2D eigenvalue weighted by atomic mass is 10.00. The van der Waals surface area contributed by atoms with Crippen molar-refractivity contribution in [1.29, 1.82) is 0 Å². The highest BCUT2D eigenvalue weighted by atomic mass is 32.2. The van der Waals surface area contributed by atoms with Gasteiger partial charge in [0.1, 0.15) is 11.7 Å². The minimum Gasteiger partial charge on any atom is -0.381 e. The summed E-state index contributed by atoms with van der Waals surface area (Å²) in [6.45, 7) is 4.64. The number of nitrogens with zero attached hydrogens (tertiary/aromatic N) is 3. The van der Waals surface area contributed by atoms with Gasteiger partial charge >= 0.3 is 10.3 Å². The Morgan fingerprint density at radius 2 is 2.10 bits per heavy atom. The van der Waals surface area contributed by atoms with E-state index in [9.17, 15) is 22.8 Å². The fourth-order valence-electron chi connectivity index (χ4n) is 2.70. The number of carbonyl (C=O) groups excluding carboxylic acids is 3. The molecule has 1 saturated heterocycles. The van der Waals surface area contributed by atoms with Crippen molar-refractivity contribution in [3.8, 4) is 0 Å². The highest BCUT2D eigenvalue weighted by Crippen LogP contribution is 2.26. The van der Waals surface area contributed by atoms with Crippen LogP contribution >= 0.6 is 11.3 Å². The van der Waals surface area contributed by atoms with Crippen molar-refractivity contribution in [2.75, 3.05) is 12.4 Å². The molecule has 0 spiro atoms. The Morgan fingerprint density at radius 1 is 1.48 bits per heavy atom. The van der Waals surface area contributed by atoms with E-state index in [1.807, 2.05) is 0 Å². The number of oxime groups is 1. The normalized spacial score (nSPS) is 22.5. The van der Waals surface area contributed by atoms with Gasteiger partial charge in [-0.15, -0.1) is 11.3 Å². The van der Waals surface area contributed by atoms with Crippen LogP contribution in [0.3, 0.4) is 0 Å². The fraction of sp³-hybridized carbons (Fsp3) is 0.588. The summed E-state index contributed by atoms with van der Waals surface area (Å²) in [5.41, 5.74) is -3.47. The van der Waals surface area contributed by atoms with E-state index < -0.39 is 58.3 Å². The van der Waals surface area contributed by atoms with Crippen molar-refractivity contribution in [2.45, 2.75) is 58.1 Å². The molecule has 0 aliphatic carbocycles. The molecule has 1 fully saturated rings. The molecule has 2 atom stereocenters. The van der Waals surface area contributed by atoms with Gasteiger partial charge < -0.3 is 15.5 Å². The van der Waals surface area contributed by atoms with Crippen LogP contribution < -0.4 is 10.6 Å². The maximum absolute atomic E-state index is 13.1. The number of aldehydes is 1. The lowest BCUT2D eigenvalue weighted by molar-refractivity contribution is -0.144. The molecule has 2 heterocycles. The third-order valence-corrected chi connectivity index (χ3v) is 6.51. The monoisotopic (exact) mass is 479 g/mol. The second kappa shape index (κ2) is 9.28. The number of aryl methyl sites for hydroxylation is 1. The third-order valence-electron chi connectivity index (χ3n) is 4.51. The van der Waals surface area contributed by atoms with Crippen LogP contribution in [0.1, 0.15) is 49.6 Å². The first-order chi connectivity index (χ1) is 15.8. The molecule has 2 rings (SSSR count). The van der Waals surface area contributed by atoms with Crippen LogP contribution in [0.25, 0.3) is 0 Å². The second-order valence-corrected chi connectivity index (χ2v) is 8.85. The van der Waals surface area contributed by atoms with Crippen LogP contribution in [-0.4, -0.2) is 70.8 Å². The molecule has 1 aliphatic rings. The van der Waals surface area contributed by atoms with Gasteiger partial charge in [-0.25, -0.2) is 9.29 Å². The van der Waals surface area contributed by atoms with Gasteiger partial charge in [0.2, 0.25) is 0 Å². The molecule has 0 bridgehead atoms. The molecule has 1 aromatic rings. The molecule has 0 saturated carbocycles. The Bertz CT molecular complexity index is 1150. The van der Waals surface area contributed by atoms with Gasteiger partial charge in [0.05, 0.1) is 6.04 Å². The molecule has 1 aliphatic heterocycles. The Balaban J connectivity index is 2.54. The number of hydrogen-bond donors (Lipinski definition) is 3. The van der Waals surface area contributed by atoms with Gasteiger partial charge in [0.15, 0.2) is 22.7 Å². The lowest BCUT2D eigenvalue weighted by Crippen LogP contribution is -2.71. The molecule has 0 unspecified atom stereocenters. The molecule has 0 radical (unpaired) electrons. The van der Waals surface area contributed by atoms with Gasteiger partial charge in [0, 0.05) is 17.4 Å². The Labute approximate surface area is 189 Å². The van der Waals surface area contributed by atoms with Crippen LogP contribution in [0.5, 0.6) is 0 Å². The van der Waals surface area contributed by atoms with Gasteiger partial charge in [-0.2, -0.15) is 8.42 Å². The summed E-state index contributed by atoms with van der Waals surface area (Å²) < 4.78 is 63.8. The second-order valence-electron chi connectivity index (χ2n) is 6.36. The molecule has 14 heteroatoms. The smallest absolute Gasteiger partial charge is 0.362 e. The van der Waals surface area contributed by atoms with Crippen molar-refractivity contribution >= 4 is 50.6 Å². The summed E-state index contributed by atoms with van der Waals surface area (Å²) in [5.74, 6) is -2.22. The molecule has 172 valence electrons. The minimum atomic E-state index is -4.84. The lowest BCUT2D eigenvalue weighted by Gasteiger charge is -2.42. The number of anilines is 1. The van der Waals surface area contributed by atoms with Crippen LogP contribution in [-0.2, 0) is 29.5 Å². The van der Waals surface area contributed by atoms with Crippen molar-refractivity contribution in [3.05, 3.63) is 10.6 Å². The number of aromatic nitrogens is 1. The SMILES string of the molecule is [2H]C([2H])(C)C(C=O)(O/N=C(\C(=O)N[C@@H]1C(=O)N(S(=O)(=O)O)[C@H]1C)c1nc(NC)sc1C)C([2H])([2H])C. The third kappa shape index (κ3) is 4.85. The number of nitrogens with one attached hydrogen (secondary N) is 2. The van der Waals surface area contributed by atoms with Gasteiger partial charge in [0.25, 0.3) is 11.8 Å². The first kappa shape index (κ1) is 19.1. The van der Waals surface area contributed by atoms with Crippen LogP contribution in [0.2, 0.25) is 0 Å². The van der Waals surface area contributed by atoms with E-state index in [1.54, 1.807) is 14.0 Å². The minimum absolute atomic E-state index is 0.0731. The van der Waals surface area contributed by atoms with Crippen molar-refractivity contribution in [2.24, 2.45) is 5.16 Å². The van der Waals surface area contributed by atoms with E-state index >= 15 is 0 Å². The zero-order valence-corrected chi connectivity index (χ0v) is 18.9. The number of hydrogen-bond acceptors (Lipinski definition) is 10. The predicted octanol–water partition coefficient (Wildman–Crippen LogP) is 0.490. The van der Waals surface area contributed by atoms with Crippen LogP contribution in [0.4, 0.5) is 5.13 Å². The molecule has 0 aromatic carbocycles. The fourth-order valence-corrected chi connectivity index (χ4v) is 4.35. The number of amides is 2. The van der Waals surface area contributed by atoms with E-state index in [1.165, 1.54) is 6.92 Å². The quantitative estimate of drug-likeness (QED) is 0.142. The first-order valence-corrected chi connectivity index (χ1v) is 11.0. The molecule has 12 nitrogen and oxygen atoms in total. The Morgan fingerprint density at radius 3 is 2.52 bits per heavy atom. The average Bonchev–Trinajstić information content (AvgIpc) is 3.07. The van der Waals surface area contributed by atoms with Crippen molar-refractivity contribution in [3.63, 3.8) is 0 Å². The molecule has 1 aromatic heterocycles. The Hall–Kier alpha value is -2.58. The van der Waals surface area contributed by atoms with E-state index in [0.717, 1.165) is 25.2 Å². The maximum atomic E-state index is 13.1. The van der Waals surface area contributed by atoms with Gasteiger partial charge in [-0.05, 0) is 26.6 Å². The van der Waals surface area contributed by atoms with Crippen LogP contribution in [0, 0.1) is 6.92 Å². The summed E-state index contributed by atoms with van der Waals surface area (Å²) in [5, 5.41) is 8.99. The van der Waals surface area contributed by atoms with Crippen molar-refractivity contribution < 1.29 is 37.7 Å². The van der Waals surface area contributed by atoms with E-state index in [-0.39, 0.29) is 16.3 Å². The van der Waals surface area contributed by atoms with Crippen molar-refractivity contribution in [1.82, 2.24) is 14.6 Å². The summed E-state index contributed by atoms with van der Waals surface area (Å²) in [4.78, 5) is 46.9. The molecular formula is C17H25N5O7S2. The number of β-lactam (4-membered cyclic amide) rings is 1. The summed E-state index contributed by atoms with van der Waals surface area (Å²) in [6, 6.07) is -2.51. The summed E-state index contributed by atoms with van der Waals surface area (Å²) in [7, 11) is -3.28. The molecular weight excluding hydrogens is 450 g/mol. The average molecular weight is 480 g/mol. The number of thiazole rings is 1. The summed E-state index contributed by atoms with van der Waals surface area (Å²) >= 11 is 1.11. The predicted molar refractivity (Wildman–Crippen MR) is 113 cm³/mol. The summed E-state index contributed by atoms with van der Waals surface area (Å²) in [6.07, 6.45) is -5.28. The standard InChI is InChI=1S/C17H25N5O7S2/c1-6-17(7-2,8-23)29-21-13(12-10(4)30-16(18-5)20-12)14(24)19-11-9(3)22(15(11)25)31(26,27)28/h8-9,11H,6-7H2,1-5H3,(H,18,20)(H,19,24)(H,26,27,28)/b21-13-/t9-,11-/m0/s1/i6D2,7D2. The topological polar surface area (TPSA) is 167 Å². The molecule has 3 N–H and O–H groups in total. The van der Waals surface area contributed by atoms with E-state index in [0.29, 0.717) is 10.0 Å². The van der Waals surface area contributed by atoms with E-state index in [4.69, 9.17) is 14.9 Å².